The van der Waals surface area contributed by atoms with E-state index in [2.05, 4.69) is 12.2 Å². The molecule has 0 radical (unpaired) electrons. The third-order valence-corrected chi connectivity index (χ3v) is 0. The summed E-state index contributed by atoms with van der Waals surface area (Å²) in [5.74, 6) is 0. The molecule has 32 valence electrons. The second-order valence-corrected chi connectivity index (χ2v) is 1.11. The first-order chi connectivity index (χ1) is 1.73. The minimum absolute atomic E-state index is 0. The van der Waals surface area contributed by atoms with Crippen LogP contribution in [0.15, 0.2) is 0 Å². The number of aliphatic hydroxyl groups is 1. The van der Waals surface area contributed by atoms with Gasteiger partial charge in [0.1, 0.15) is 0 Å². The van der Waals surface area contributed by atoms with Crippen molar-refractivity contribution < 1.29 is 5.11 Å². The summed E-state index contributed by atoms with van der Waals surface area (Å²) >= 11 is 4.09. The van der Waals surface area contributed by atoms with Crippen LogP contribution in [-0.2, 0) is 0 Å². The maximum atomic E-state index is 7.79. The summed E-state index contributed by atoms with van der Waals surface area (Å²) in [5, 5.41) is 7.79. The first-order valence-corrected chi connectivity index (χ1v) is 1.34. The van der Waals surface area contributed by atoms with Crippen LogP contribution in [0.2, 0.25) is 0 Å². The van der Waals surface area contributed by atoms with Crippen LogP contribution >= 0.6 is 12.2 Å². The average molecular weight is 201 g/mol. The van der Waals surface area contributed by atoms with Gasteiger partial charge in [-0.1, -0.05) is 0 Å². The van der Waals surface area contributed by atoms with Crippen molar-refractivity contribution in [3.63, 3.8) is 0 Å². The summed E-state index contributed by atoms with van der Waals surface area (Å²) in [6.07, 6.45) is 0. The van der Waals surface area contributed by atoms with E-state index in [9.17, 15) is 0 Å². The fourth-order valence-electron chi connectivity index (χ4n) is 0. The molecular weight excluding hydrogens is 194 g/mol. The van der Waals surface area contributed by atoms with Gasteiger partial charge in [0, 0.05) is 6.92 Å². The van der Waals surface area contributed by atoms with Crippen molar-refractivity contribution >= 4 is 41.7 Å². The van der Waals surface area contributed by atoms with Crippen molar-refractivity contribution in [3.05, 3.63) is 0 Å². The number of rotatable bonds is 0. The quantitative estimate of drug-likeness (QED) is 0.429. The summed E-state index contributed by atoms with van der Waals surface area (Å²) in [5.41, 5.74) is 0. The summed E-state index contributed by atoms with van der Waals surface area (Å²) in [7, 11) is 0. The zero-order valence-electron chi connectivity index (χ0n) is 3.06. The molecule has 0 aromatic carbocycles. The summed E-state index contributed by atoms with van der Waals surface area (Å²) in [6, 6.07) is 0. The molecule has 0 aromatic heterocycles. The molecular formula is C2H7OSSb. The van der Waals surface area contributed by atoms with Gasteiger partial charge in [-0.15, -0.1) is 0 Å². The zero-order valence-corrected chi connectivity index (χ0v) is 7.92. The topological polar surface area (TPSA) is 20.2 Å². The van der Waals surface area contributed by atoms with Crippen LogP contribution in [0.3, 0.4) is 0 Å². The Balaban J connectivity index is 0. The molecule has 0 rings (SSSR count). The third-order valence-electron chi connectivity index (χ3n) is 0. The Hall–Kier alpha value is 0.708. The molecule has 0 saturated heterocycles. The summed E-state index contributed by atoms with van der Waals surface area (Å²) in [6.45, 7) is 1.45. The van der Waals surface area contributed by atoms with Crippen LogP contribution in [0, 0.1) is 0 Å². The second-order valence-electron chi connectivity index (χ2n) is 0.519. The summed E-state index contributed by atoms with van der Waals surface area (Å²) in [4.78, 5) is 0. The van der Waals surface area contributed by atoms with Gasteiger partial charge in [0.25, 0.3) is 0 Å². The average Bonchev–Trinajstić information content (AvgIpc) is 0.811. The zero-order chi connectivity index (χ0) is 3.58. The molecule has 0 aliphatic rings. The van der Waals surface area contributed by atoms with Crippen LogP contribution in [-0.4, -0.2) is 34.6 Å². The molecule has 1 N–H and O–H groups in total. The molecule has 5 heavy (non-hydrogen) atoms. The Kier molecular flexibility index (Phi) is 8.66. The van der Waals surface area contributed by atoms with E-state index in [1.54, 1.807) is 0 Å². The van der Waals surface area contributed by atoms with Crippen LogP contribution in [0.5, 0.6) is 0 Å². The van der Waals surface area contributed by atoms with Gasteiger partial charge in [-0.2, -0.15) is 0 Å². The van der Waals surface area contributed by atoms with Crippen molar-refractivity contribution in [3.8, 4) is 0 Å². The van der Waals surface area contributed by atoms with E-state index in [-0.39, 0.29) is 29.5 Å². The molecule has 0 fully saturated rings. The molecule has 0 heterocycles. The molecule has 3 heteroatoms. The van der Waals surface area contributed by atoms with E-state index in [1.807, 2.05) is 0 Å². The molecule has 0 aliphatic carbocycles. The molecule has 1 nitrogen and oxygen atoms in total. The number of hydrogen-bond acceptors (Lipinski definition) is 1. The van der Waals surface area contributed by atoms with Gasteiger partial charge in [-0.25, -0.2) is 0 Å². The van der Waals surface area contributed by atoms with Gasteiger partial charge in [-0.3, -0.25) is 0 Å². The van der Waals surface area contributed by atoms with Gasteiger partial charge in [0.05, 0.1) is 0 Å². The molecule has 0 unspecified atom stereocenters. The van der Waals surface area contributed by atoms with Crippen molar-refractivity contribution in [1.82, 2.24) is 0 Å². The number of aliphatic hydroxyl groups excluding tert-OH is 1. The van der Waals surface area contributed by atoms with E-state index in [1.165, 1.54) is 6.92 Å². The Morgan fingerprint density at radius 1 is 1.80 bits per heavy atom. The van der Waals surface area contributed by atoms with E-state index < -0.39 is 0 Å². The van der Waals surface area contributed by atoms with Gasteiger partial charge >= 0.3 is 24.4 Å². The Bertz CT molecular complexity index is 32.6. The fourth-order valence-corrected chi connectivity index (χ4v) is 0. The Morgan fingerprint density at radius 2 is 1.80 bits per heavy atom. The van der Waals surface area contributed by atoms with Crippen molar-refractivity contribution in [2.75, 3.05) is 0 Å². The number of thiocarbonyl (C=S) groups is 1. The SMILES string of the molecule is CC(O)=S.[SbH3]. The van der Waals surface area contributed by atoms with Crippen LogP contribution in [0.25, 0.3) is 0 Å². The van der Waals surface area contributed by atoms with E-state index in [4.69, 9.17) is 5.11 Å². The predicted octanol–water partition coefficient (Wildman–Crippen LogP) is -0.292. The molecule has 0 aliphatic heterocycles. The van der Waals surface area contributed by atoms with E-state index in [0.717, 1.165) is 0 Å². The molecule has 0 amide bonds. The van der Waals surface area contributed by atoms with Crippen LogP contribution in [0.4, 0.5) is 0 Å². The maximum absolute atomic E-state index is 7.79. The van der Waals surface area contributed by atoms with Crippen molar-refractivity contribution in [2.45, 2.75) is 6.92 Å². The first kappa shape index (κ1) is 9.20. The molecule has 0 atom stereocenters. The van der Waals surface area contributed by atoms with Gasteiger partial charge in [0.15, 0.2) is 5.05 Å². The van der Waals surface area contributed by atoms with Crippen molar-refractivity contribution in [2.24, 2.45) is 0 Å². The minimum atomic E-state index is 0. The Morgan fingerprint density at radius 3 is 1.80 bits per heavy atom. The first-order valence-electron chi connectivity index (χ1n) is 0.928. The van der Waals surface area contributed by atoms with Gasteiger partial charge in [0.2, 0.25) is 0 Å². The van der Waals surface area contributed by atoms with Gasteiger partial charge < -0.3 is 5.11 Å². The number of hydrogen-bond donors (Lipinski definition) is 1. The Labute approximate surface area is 53.8 Å². The van der Waals surface area contributed by atoms with Crippen LogP contribution < -0.4 is 0 Å². The van der Waals surface area contributed by atoms with Gasteiger partial charge in [-0.05, 0) is 12.2 Å². The second kappa shape index (κ2) is 4.71. The molecule has 0 spiro atoms. The van der Waals surface area contributed by atoms with Crippen LogP contribution in [0.1, 0.15) is 6.92 Å². The monoisotopic (exact) mass is 200 g/mol. The van der Waals surface area contributed by atoms with E-state index >= 15 is 0 Å². The molecule has 0 bridgehead atoms. The van der Waals surface area contributed by atoms with Crippen molar-refractivity contribution in [1.29, 1.82) is 0 Å². The normalized spacial score (nSPS) is 5.00. The molecule has 0 aromatic rings. The fraction of sp³-hybridized carbons (Fsp3) is 0.500. The predicted molar refractivity (Wildman–Crippen MR) is 30.8 cm³/mol. The molecule has 0 saturated carbocycles. The van der Waals surface area contributed by atoms with E-state index in [0.29, 0.717) is 0 Å². The summed E-state index contributed by atoms with van der Waals surface area (Å²) < 4.78 is 0. The third kappa shape index (κ3) is 68.9. The standard InChI is InChI=1S/C2H4OS.Sb.3H/c1-2(3)4;;;;/h1H3,(H,3,4);;;;.